The lowest BCUT2D eigenvalue weighted by molar-refractivity contribution is 0.358. The van der Waals surface area contributed by atoms with Gasteiger partial charge in [0, 0.05) is 0 Å². The molecule has 0 heterocycles. The minimum absolute atomic E-state index is 0.191. The van der Waals surface area contributed by atoms with Crippen LogP contribution in [0.5, 0.6) is 5.75 Å². The number of hydrogen-bond acceptors (Lipinski definition) is 1. The third kappa shape index (κ3) is 1.50. The first-order valence-corrected chi connectivity index (χ1v) is 3.63. The molecule has 1 nitrogen and oxygen atoms in total. The number of benzene rings is 1. The number of methoxy groups -OCH3 is 1. The lowest BCUT2D eigenvalue weighted by Gasteiger charge is -2.03. The van der Waals surface area contributed by atoms with Crippen molar-refractivity contribution in [1.82, 2.24) is 0 Å². The molecule has 0 amide bonds. The molecule has 0 spiro atoms. The van der Waals surface area contributed by atoms with Crippen LogP contribution in [-0.2, 0) is 0 Å². The Labute approximate surface area is 71.1 Å². The van der Waals surface area contributed by atoms with Crippen LogP contribution in [0.15, 0.2) is 16.6 Å². The van der Waals surface area contributed by atoms with Crippen molar-refractivity contribution in [3.63, 3.8) is 0 Å². The molecule has 0 saturated heterocycles. The molecule has 0 N–H and O–H groups in total. The molecule has 0 fully saturated rings. The molecular weight excluding hydrogens is 218 g/mol. The Kier molecular flexibility index (Phi) is 2.44. The Hall–Kier alpha value is -0.640. The van der Waals surface area contributed by atoms with Crippen LogP contribution in [0.3, 0.4) is 0 Å². The lowest BCUT2D eigenvalue weighted by atomic mass is 10.3. The Morgan fingerprint density at radius 3 is 2.45 bits per heavy atom. The molecule has 0 radical (unpaired) electrons. The van der Waals surface area contributed by atoms with Crippen molar-refractivity contribution in [3.05, 3.63) is 28.2 Å². The zero-order valence-corrected chi connectivity index (χ0v) is 7.28. The first-order valence-electron chi connectivity index (χ1n) is 2.84. The van der Waals surface area contributed by atoms with Gasteiger partial charge in [-0.15, -0.1) is 0 Å². The van der Waals surface area contributed by atoms with Crippen molar-refractivity contribution in [1.29, 1.82) is 0 Å². The smallest absolute Gasteiger partial charge is 0.191 e. The maximum Gasteiger partial charge on any atom is 0.191 e. The van der Waals surface area contributed by atoms with E-state index in [0.29, 0.717) is 0 Å². The average molecular weight is 223 g/mol. The summed E-state index contributed by atoms with van der Waals surface area (Å²) in [4.78, 5) is 0. The predicted octanol–water partition coefficient (Wildman–Crippen LogP) is 2.74. The van der Waals surface area contributed by atoms with E-state index in [0.717, 1.165) is 6.07 Å². The highest BCUT2D eigenvalue weighted by Crippen LogP contribution is 2.27. The largest absolute Gasteiger partial charge is 0.491 e. The number of hydrogen-bond donors (Lipinski definition) is 0. The van der Waals surface area contributed by atoms with E-state index in [1.165, 1.54) is 13.2 Å². The normalized spacial score (nSPS) is 9.82. The summed E-state index contributed by atoms with van der Waals surface area (Å²) in [5.41, 5.74) is 0. The summed E-state index contributed by atoms with van der Waals surface area (Å²) < 4.78 is 30.2. The first-order chi connectivity index (χ1) is 5.16. The topological polar surface area (TPSA) is 9.23 Å². The number of halogens is 3. The van der Waals surface area contributed by atoms with E-state index >= 15 is 0 Å². The highest BCUT2D eigenvalue weighted by atomic mass is 79.9. The summed E-state index contributed by atoms with van der Waals surface area (Å²) in [5.74, 6) is -1.78. The van der Waals surface area contributed by atoms with Crippen LogP contribution in [0.25, 0.3) is 0 Å². The third-order valence-electron chi connectivity index (χ3n) is 1.21. The van der Waals surface area contributed by atoms with E-state index in [1.54, 1.807) is 0 Å². The monoisotopic (exact) mass is 222 g/mol. The van der Waals surface area contributed by atoms with E-state index in [9.17, 15) is 8.78 Å². The van der Waals surface area contributed by atoms with Crippen molar-refractivity contribution < 1.29 is 13.5 Å². The van der Waals surface area contributed by atoms with Gasteiger partial charge in [0.1, 0.15) is 0 Å². The molecule has 0 aliphatic carbocycles. The van der Waals surface area contributed by atoms with Crippen molar-refractivity contribution >= 4 is 15.9 Å². The average Bonchev–Trinajstić information content (AvgIpc) is 1.99. The SMILES string of the molecule is COc1c(F)ccc(Br)c1F. The van der Waals surface area contributed by atoms with Gasteiger partial charge in [0.05, 0.1) is 11.6 Å². The lowest BCUT2D eigenvalue weighted by Crippen LogP contribution is -1.92. The Bertz CT molecular complexity index is 275. The molecule has 4 heteroatoms. The quantitative estimate of drug-likeness (QED) is 0.665. The second kappa shape index (κ2) is 3.17. The van der Waals surface area contributed by atoms with Gasteiger partial charge in [-0.3, -0.25) is 0 Å². The van der Waals surface area contributed by atoms with E-state index in [1.807, 2.05) is 0 Å². The summed E-state index contributed by atoms with van der Waals surface area (Å²) in [6, 6.07) is 2.42. The van der Waals surface area contributed by atoms with Crippen LogP contribution in [0.2, 0.25) is 0 Å². The molecule has 0 aliphatic heterocycles. The Morgan fingerprint density at radius 2 is 2.00 bits per heavy atom. The molecule has 1 rings (SSSR count). The molecule has 1 aromatic rings. The first kappa shape index (κ1) is 8.46. The summed E-state index contributed by atoms with van der Waals surface area (Å²) in [6.45, 7) is 0. The van der Waals surface area contributed by atoms with Crippen molar-refractivity contribution in [2.45, 2.75) is 0 Å². The predicted molar refractivity (Wildman–Crippen MR) is 40.6 cm³/mol. The van der Waals surface area contributed by atoms with Gasteiger partial charge in [-0.2, -0.15) is 0 Å². The minimum Gasteiger partial charge on any atom is -0.491 e. The minimum atomic E-state index is -0.715. The maximum absolute atomic E-state index is 12.9. The zero-order valence-electron chi connectivity index (χ0n) is 5.70. The van der Waals surface area contributed by atoms with Gasteiger partial charge in [-0.1, -0.05) is 0 Å². The molecule has 0 aromatic heterocycles. The molecular formula is C7H5BrF2O. The van der Waals surface area contributed by atoms with Gasteiger partial charge in [0.25, 0.3) is 0 Å². The molecule has 0 bridgehead atoms. The van der Waals surface area contributed by atoms with Crippen LogP contribution in [-0.4, -0.2) is 7.11 Å². The second-order valence-electron chi connectivity index (χ2n) is 1.88. The molecule has 1 aromatic carbocycles. The van der Waals surface area contributed by atoms with Crippen LogP contribution in [0.1, 0.15) is 0 Å². The van der Waals surface area contributed by atoms with Gasteiger partial charge in [-0.05, 0) is 28.1 Å². The van der Waals surface area contributed by atoms with E-state index in [2.05, 4.69) is 20.7 Å². The number of rotatable bonds is 1. The summed E-state index contributed by atoms with van der Waals surface area (Å²) in [6.07, 6.45) is 0. The van der Waals surface area contributed by atoms with Crippen LogP contribution < -0.4 is 4.74 Å². The van der Waals surface area contributed by atoms with Crippen molar-refractivity contribution in [2.75, 3.05) is 7.11 Å². The molecule has 0 saturated carbocycles. The fourth-order valence-electron chi connectivity index (χ4n) is 0.696. The number of ether oxygens (including phenoxy) is 1. The van der Waals surface area contributed by atoms with Gasteiger partial charge < -0.3 is 4.74 Å². The second-order valence-corrected chi connectivity index (χ2v) is 2.73. The van der Waals surface area contributed by atoms with Gasteiger partial charge >= 0.3 is 0 Å². The fraction of sp³-hybridized carbons (Fsp3) is 0.143. The summed E-state index contributed by atoms with van der Waals surface area (Å²) in [7, 11) is 1.22. The molecule has 0 unspecified atom stereocenters. The zero-order chi connectivity index (χ0) is 8.43. The fourth-order valence-corrected chi connectivity index (χ4v) is 1.01. The maximum atomic E-state index is 12.9. The van der Waals surface area contributed by atoms with Crippen molar-refractivity contribution in [2.24, 2.45) is 0 Å². The van der Waals surface area contributed by atoms with Crippen LogP contribution in [0, 0.1) is 11.6 Å². The van der Waals surface area contributed by atoms with Gasteiger partial charge in [0.2, 0.25) is 0 Å². The van der Waals surface area contributed by atoms with E-state index < -0.39 is 11.6 Å². The van der Waals surface area contributed by atoms with Crippen molar-refractivity contribution in [3.8, 4) is 5.75 Å². The molecule has 60 valence electrons. The van der Waals surface area contributed by atoms with E-state index in [-0.39, 0.29) is 10.2 Å². The summed E-state index contributed by atoms with van der Waals surface area (Å²) >= 11 is 2.90. The van der Waals surface area contributed by atoms with Gasteiger partial charge in [-0.25, -0.2) is 8.78 Å². The molecule has 11 heavy (non-hydrogen) atoms. The molecule has 0 atom stereocenters. The van der Waals surface area contributed by atoms with E-state index in [4.69, 9.17) is 0 Å². The highest BCUT2D eigenvalue weighted by molar-refractivity contribution is 9.10. The third-order valence-corrected chi connectivity index (χ3v) is 1.82. The molecule has 0 aliphatic rings. The van der Waals surface area contributed by atoms with Crippen LogP contribution in [0.4, 0.5) is 8.78 Å². The van der Waals surface area contributed by atoms with Gasteiger partial charge in [0.15, 0.2) is 17.4 Å². The highest BCUT2D eigenvalue weighted by Gasteiger charge is 2.11. The standard InChI is InChI=1S/C7H5BrF2O/c1-11-7-5(9)3-2-4(8)6(7)10/h2-3H,1H3. The summed E-state index contributed by atoms with van der Waals surface area (Å²) in [5, 5.41) is 0. The Morgan fingerprint density at radius 1 is 1.36 bits per heavy atom. The Balaban J connectivity index is 3.29. The van der Waals surface area contributed by atoms with Crippen LogP contribution >= 0.6 is 15.9 Å².